The van der Waals surface area contributed by atoms with E-state index in [1.54, 1.807) is 6.08 Å². The number of aliphatic hydroxyl groups is 5. The van der Waals surface area contributed by atoms with E-state index in [0.29, 0.717) is 6.42 Å². The summed E-state index contributed by atoms with van der Waals surface area (Å²) in [4.78, 5) is 12.8. The lowest BCUT2D eigenvalue weighted by Gasteiger charge is -2.40. The minimum atomic E-state index is -1.56. The first-order valence-electron chi connectivity index (χ1n) is 19.4. The SMILES string of the molecule is CCCCCCCCCCCCCCC/C=C/C(O)C(COC1OC(CO)C(O)C(O)C1O)NC(=O)CCCCCCCCCCC. The van der Waals surface area contributed by atoms with Gasteiger partial charge in [0.25, 0.3) is 0 Å². The molecule has 7 atom stereocenters. The van der Waals surface area contributed by atoms with Crippen LogP contribution in [0.3, 0.4) is 0 Å². The van der Waals surface area contributed by atoms with Crippen LogP contribution in [0.15, 0.2) is 12.2 Å². The molecular weight excluding hydrogens is 598 g/mol. The maximum absolute atomic E-state index is 12.8. The zero-order chi connectivity index (χ0) is 34.5. The smallest absolute Gasteiger partial charge is 0.220 e. The second-order valence-electron chi connectivity index (χ2n) is 13.7. The fourth-order valence-electron chi connectivity index (χ4n) is 6.15. The van der Waals surface area contributed by atoms with Crippen molar-refractivity contribution in [2.75, 3.05) is 13.2 Å². The first kappa shape index (κ1) is 44.0. The van der Waals surface area contributed by atoms with Crippen LogP contribution in [0.1, 0.15) is 168 Å². The predicted octanol–water partition coefficient (Wildman–Crippen LogP) is 6.61. The molecule has 0 aromatic rings. The summed E-state index contributed by atoms with van der Waals surface area (Å²) in [5.41, 5.74) is 0. The first-order valence-corrected chi connectivity index (χ1v) is 19.4. The largest absolute Gasteiger partial charge is 0.394 e. The van der Waals surface area contributed by atoms with E-state index in [9.17, 15) is 30.3 Å². The highest BCUT2D eigenvalue weighted by Gasteiger charge is 2.44. The monoisotopic (exact) mass is 672 g/mol. The predicted molar refractivity (Wildman–Crippen MR) is 189 cm³/mol. The Morgan fingerprint density at radius 3 is 1.66 bits per heavy atom. The summed E-state index contributed by atoms with van der Waals surface area (Å²) in [6, 6.07) is -0.795. The molecule has 1 aliphatic heterocycles. The van der Waals surface area contributed by atoms with Crippen LogP contribution in [0.4, 0.5) is 0 Å². The molecule has 0 aromatic carbocycles. The van der Waals surface area contributed by atoms with Gasteiger partial charge in [0.2, 0.25) is 5.91 Å². The second-order valence-corrected chi connectivity index (χ2v) is 13.7. The molecule has 0 aromatic heterocycles. The number of hydrogen-bond donors (Lipinski definition) is 6. The third-order valence-corrected chi connectivity index (χ3v) is 9.36. The molecule has 1 aliphatic rings. The van der Waals surface area contributed by atoms with Gasteiger partial charge in [-0.1, -0.05) is 154 Å². The summed E-state index contributed by atoms with van der Waals surface area (Å²) in [5, 5.41) is 53.8. The Morgan fingerprint density at radius 2 is 1.17 bits per heavy atom. The van der Waals surface area contributed by atoms with Crippen molar-refractivity contribution in [1.82, 2.24) is 5.32 Å². The van der Waals surface area contributed by atoms with Crippen molar-refractivity contribution in [3.05, 3.63) is 12.2 Å². The number of allylic oxidation sites excluding steroid dienone is 1. The van der Waals surface area contributed by atoms with Crippen molar-refractivity contribution in [1.29, 1.82) is 0 Å². The molecular formula is C38H73NO8. The third-order valence-electron chi connectivity index (χ3n) is 9.36. The van der Waals surface area contributed by atoms with Crippen LogP contribution in [0.5, 0.6) is 0 Å². The van der Waals surface area contributed by atoms with Gasteiger partial charge < -0.3 is 40.3 Å². The Morgan fingerprint density at radius 1 is 0.702 bits per heavy atom. The van der Waals surface area contributed by atoms with Crippen LogP contribution in [0.25, 0.3) is 0 Å². The number of hydrogen-bond acceptors (Lipinski definition) is 8. The zero-order valence-electron chi connectivity index (χ0n) is 30.0. The van der Waals surface area contributed by atoms with Gasteiger partial charge in [0, 0.05) is 6.42 Å². The highest BCUT2D eigenvalue weighted by Crippen LogP contribution is 2.22. The molecule has 278 valence electrons. The molecule has 1 fully saturated rings. The molecule has 9 heteroatoms. The Bertz CT molecular complexity index is 751. The average molecular weight is 672 g/mol. The van der Waals surface area contributed by atoms with Gasteiger partial charge in [-0.15, -0.1) is 0 Å². The fraction of sp³-hybridized carbons (Fsp3) is 0.921. The minimum absolute atomic E-state index is 0.181. The molecule has 0 bridgehead atoms. The Labute approximate surface area is 286 Å². The normalized spacial score (nSPS) is 22.9. The molecule has 7 unspecified atom stereocenters. The molecule has 1 rings (SSSR count). The number of carbonyl (C=O) groups excluding carboxylic acids is 1. The number of amides is 1. The topological polar surface area (TPSA) is 149 Å². The van der Waals surface area contributed by atoms with Crippen molar-refractivity contribution in [2.45, 2.75) is 211 Å². The lowest BCUT2D eigenvalue weighted by Crippen LogP contribution is -2.60. The zero-order valence-corrected chi connectivity index (χ0v) is 30.0. The van der Waals surface area contributed by atoms with Crippen LogP contribution in [-0.2, 0) is 14.3 Å². The molecule has 1 amide bonds. The summed E-state index contributed by atoms with van der Waals surface area (Å²) in [5.74, 6) is -0.181. The van der Waals surface area contributed by atoms with E-state index in [1.165, 1.54) is 109 Å². The quantitative estimate of drug-likeness (QED) is 0.0357. The molecule has 0 radical (unpaired) electrons. The van der Waals surface area contributed by atoms with Crippen molar-refractivity contribution < 1.29 is 39.8 Å². The van der Waals surface area contributed by atoms with E-state index in [-0.39, 0.29) is 12.5 Å². The number of carbonyl (C=O) groups is 1. The molecule has 0 saturated carbocycles. The molecule has 6 N–H and O–H groups in total. The van der Waals surface area contributed by atoms with Gasteiger partial charge in [-0.3, -0.25) is 4.79 Å². The van der Waals surface area contributed by atoms with E-state index in [2.05, 4.69) is 19.2 Å². The fourth-order valence-corrected chi connectivity index (χ4v) is 6.15. The third kappa shape index (κ3) is 21.6. The number of unbranched alkanes of at least 4 members (excludes halogenated alkanes) is 21. The maximum Gasteiger partial charge on any atom is 0.220 e. The molecule has 0 aliphatic carbocycles. The maximum atomic E-state index is 12.8. The molecule has 9 nitrogen and oxygen atoms in total. The van der Waals surface area contributed by atoms with Crippen LogP contribution >= 0.6 is 0 Å². The standard InChI is InChI=1S/C38H73NO8/c1-3-5-7-9-11-13-14-15-16-17-18-20-21-23-25-27-32(41)31(30-46-38-37(45)36(44)35(43)33(29-40)47-38)39-34(42)28-26-24-22-19-12-10-8-6-4-2/h25,27,31-33,35-38,40-41,43-45H,3-24,26,28-30H2,1-2H3,(H,39,42)/b27-25+. The summed E-state index contributed by atoms with van der Waals surface area (Å²) in [6.45, 7) is 3.73. The summed E-state index contributed by atoms with van der Waals surface area (Å²) in [6.07, 6.45) is 24.0. The van der Waals surface area contributed by atoms with Crippen molar-refractivity contribution in [3.8, 4) is 0 Å². The first-order chi connectivity index (χ1) is 22.8. The molecule has 1 heterocycles. The van der Waals surface area contributed by atoms with Gasteiger partial charge in [-0.05, 0) is 19.3 Å². The summed E-state index contributed by atoms with van der Waals surface area (Å²) < 4.78 is 11.1. The average Bonchev–Trinajstić information content (AvgIpc) is 3.07. The van der Waals surface area contributed by atoms with Crippen molar-refractivity contribution in [2.24, 2.45) is 0 Å². The van der Waals surface area contributed by atoms with Gasteiger partial charge in [0.05, 0.1) is 25.4 Å². The number of aliphatic hydroxyl groups excluding tert-OH is 5. The lowest BCUT2D eigenvalue weighted by atomic mass is 9.99. The number of nitrogens with one attached hydrogen (secondary N) is 1. The van der Waals surface area contributed by atoms with Gasteiger partial charge in [-0.25, -0.2) is 0 Å². The number of ether oxygens (including phenoxy) is 2. The highest BCUT2D eigenvalue weighted by molar-refractivity contribution is 5.76. The highest BCUT2D eigenvalue weighted by atomic mass is 16.7. The van der Waals surface area contributed by atoms with E-state index < -0.39 is 49.5 Å². The van der Waals surface area contributed by atoms with Gasteiger partial charge in [0.15, 0.2) is 6.29 Å². The summed E-state index contributed by atoms with van der Waals surface area (Å²) in [7, 11) is 0. The van der Waals surface area contributed by atoms with E-state index in [4.69, 9.17) is 9.47 Å². The Hall–Kier alpha value is -1.07. The molecule has 1 saturated heterocycles. The van der Waals surface area contributed by atoms with E-state index in [1.807, 2.05) is 6.08 Å². The van der Waals surface area contributed by atoms with Gasteiger partial charge in [0.1, 0.15) is 24.4 Å². The lowest BCUT2D eigenvalue weighted by molar-refractivity contribution is -0.302. The van der Waals surface area contributed by atoms with E-state index in [0.717, 1.165) is 38.5 Å². The number of rotatable bonds is 31. The Kier molecular flexibility index (Phi) is 27.9. The van der Waals surface area contributed by atoms with Gasteiger partial charge >= 0.3 is 0 Å². The second kappa shape index (κ2) is 29.8. The molecule has 47 heavy (non-hydrogen) atoms. The Balaban J connectivity index is 2.44. The van der Waals surface area contributed by atoms with Crippen molar-refractivity contribution >= 4 is 5.91 Å². The molecule has 0 spiro atoms. The van der Waals surface area contributed by atoms with Gasteiger partial charge in [-0.2, -0.15) is 0 Å². The van der Waals surface area contributed by atoms with Crippen LogP contribution in [0, 0.1) is 0 Å². The van der Waals surface area contributed by atoms with Crippen LogP contribution in [-0.4, -0.2) is 87.5 Å². The van der Waals surface area contributed by atoms with E-state index >= 15 is 0 Å². The van der Waals surface area contributed by atoms with Crippen molar-refractivity contribution in [3.63, 3.8) is 0 Å². The summed E-state index contributed by atoms with van der Waals surface area (Å²) >= 11 is 0. The van der Waals surface area contributed by atoms with Crippen LogP contribution in [0.2, 0.25) is 0 Å². The minimum Gasteiger partial charge on any atom is -0.394 e. The van der Waals surface area contributed by atoms with Crippen LogP contribution < -0.4 is 5.32 Å².